The maximum atomic E-state index is 12.4. The fraction of sp³-hybridized carbons (Fsp3) is 0.368. The Bertz CT molecular complexity index is 836. The van der Waals surface area contributed by atoms with Gasteiger partial charge in [-0.15, -0.1) is 0 Å². The third-order valence-corrected chi connectivity index (χ3v) is 5.89. The first-order chi connectivity index (χ1) is 12.6. The summed E-state index contributed by atoms with van der Waals surface area (Å²) < 4.78 is 27.4. The lowest BCUT2D eigenvalue weighted by atomic mass is 10.1. The maximum absolute atomic E-state index is 12.4. The summed E-state index contributed by atoms with van der Waals surface area (Å²) in [4.78, 5) is 18.1. The lowest BCUT2D eigenvalue weighted by Crippen LogP contribution is -2.35. The van der Waals surface area contributed by atoms with Crippen LogP contribution in [-0.4, -0.2) is 32.4 Å². The number of aromatic nitrogens is 1. The van der Waals surface area contributed by atoms with E-state index in [0.29, 0.717) is 25.9 Å². The zero-order valence-electron chi connectivity index (χ0n) is 14.6. The van der Waals surface area contributed by atoms with E-state index in [1.54, 1.807) is 35.4 Å². The summed E-state index contributed by atoms with van der Waals surface area (Å²) in [7, 11) is -3.55. The van der Waals surface area contributed by atoms with Gasteiger partial charge < -0.3 is 4.90 Å². The van der Waals surface area contributed by atoms with Crippen molar-refractivity contribution in [3.63, 3.8) is 0 Å². The van der Waals surface area contributed by atoms with E-state index in [2.05, 4.69) is 9.71 Å². The minimum Gasteiger partial charge on any atom is -0.312 e. The van der Waals surface area contributed by atoms with E-state index < -0.39 is 10.0 Å². The molecule has 0 spiro atoms. The Morgan fingerprint density at radius 3 is 2.58 bits per heavy atom. The van der Waals surface area contributed by atoms with Crippen LogP contribution in [0.3, 0.4) is 0 Å². The number of aryl methyl sites for hydroxylation is 1. The van der Waals surface area contributed by atoms with Crippen molar-refractivity contribution in [1.29, 1.82) is 0 Å². The average Bonchev–Trinajstić information content (AvgIpc) is 2.67. The van der Waals surface area contributed by atoms with Crippen molar-refractivity contribution in [2.75, 3.05) is 18.0 Å². The Balaban J connectivity index is 1.56. The molecule has 138 valence electrons. The number of rotatable bonds is 7. The molecule has 0 atom stereocenters. The van der Waals surface area contributed by atoms with E-state index in [9.17, 15) is 13.2 Å². The van der Waals surface area contributed by atoms with Crippen LogP contribution in [0.4, 0.5) is 5.69 Å². The molecule has 0 unspecified atom stereocenters. The SMILES string of the molecule is O=C1CCCCN1c1ccc(S(=O)(=O)NCCCc2ccccn2)cc1. The molecule has 0 radical (unpaired) electrons. The second-order valence-electron chi connectivity index (χ2n) is 6.32. The molecule has 0 aliphatic carbocycles. The molecule has 3 rings (SSSR count). The minimum absolute atomic E-state index is 0.0968. The van der Waals surface area contributed by atoms with Crippen LogP contribution in [0, 0.1) is 0 Å². The Morgan fingerprint density at radius 1 is 1.08 bits per heavy atom. The molecule has 0 bridgehead atoms. The number of amides is 1. The number of hydrogen-bond acceptors (Lipinski definition) is 4. The maximum Gasteiger partial charge on any atom is 0.240 e. The van der Waals surface area contributed by atoms with Crippen molar-refractivity contribution >= 4 is 21.6 Å². The van der Waals surface area contributed by atoms with Gasteiger partial charge >= 0.3 is 0 Å². The molecule has 6 nitrogen and oxygen atoms in total. The first-order valence-corrected chi connectivity index (χ1v) is 10.3. The first kappa shape index (κ1) is 18.5. The van der Waals surface area contributed by atoms with Gasteiger partial charge in [0.25, 0.3) is 0 Å². The lowest BCUT2D eigenvalue weighted by Gasteiger charge is -2.26. The topological polar surface area (TPSA) is 79.4 Å². The highest BCUT2D eigenvalue weighted by Gasteiger charge is 2.20. The second-order valence-corrected chi connectivity index (χ2v) is 8.09. The fourth-order valence-corrected chi connectivity index (χ4v) is 4.06. The molecule has 1 aliphatic heterocycles. The monoisotopic (exact) mass is 373 g/mol. The van der Waals surface area contributed by atoms with Gasteiger partial charge in [0.05, 0.1) is 4.90 Å². The number of nitrogens with zero attached hydrogens (tertiary/aromatic N) is 2. The quantitative estimate of drug-likeness (QED) is 0.757. The smallest absolute Gasteiger partial charge is 0.240 e. The summed E-state index contributed by atoms with van der Waals surface area (Å²) in [6, 6.07) is 12.2. The summed E-state index contributed by atoms with van der Waals surface area (Å²) in [5.74, 6) is 0.0968. The van der Waals surface area contributed by atoms with Crippen molar-refractivity contribution in [2.45, 2.75) is 37.0 Å². The number of carbonyl (C=O) groups is 1. The number of sulfonamides is 1. The number of carbonyl (C=O) groups excluding carboxylic acids is 1. The normalized spacial score (nSPS) is 15.2. The molecule has 1 saturated heterocycles. The van der Waals surface area contributed by atoms with Gasteiger partial charge in [-0.05, 0) is 62.1 Å². The number of benzene rings is 1. The van der Waals surface area contributed by atoms with Crippen LogP contribution in [0.1, 0.15) is 31.4 Å². The largest absolute Gasteiger partial charge is 0.312 e. The van der Waals surface area contributed by atoms with E-state index in [1.165, 1.54) is 0 Å². The number of pyridine rings is 1. The number of piperidine rings is 1. The van der Waals surface area contributed by atoms with Crippen LogP contribution in [0.5, 0.6) is 0 Å². The minimum atomic E-state index is -3.55. The molecule has 0 saturated carbocycles. The van der Waals surface area contributed by atoms with Gasteiger partial charge in [0.1, 0.15) is 0 Å². The van der Waals surface area contributed by atoms with Crippen LogP contribution < -0.4 is 9.62 Å². The zero-order valence-corrected chi connectivity index (χ0v) is 15.4. The van der Waals surface area contributed by atoms with Crippen molar-refractivity contribution in [3.05, 3.63) is 54.4 Å². The molecule has 1 aliphatic rings. The Hall–Kier alpha value is -2.25. The highest BCUT2D eigenvalue weighted by atomic mass is 32.2. The summed E-state index contributed by atoms with van der Waals surface area (Å²) in [5, 5.41) is 0. The summed E-state index contributed by atoms with van der Waals surface area (Å²) in [6.45, 7) is 1.04. The molecular formula is C19H23N3O3S. The van der Waals surface area contributed by atoms with Crippen LogP contribution in [0.2, 0.25) is 0 Å². The highest BCUT2D eigenvalue weighted by molar-refractivity contribution is 7.89. The van der Waals surface area contributed by atoms with Gasteiger partial charge in [0.15, 0.2) is 0 Å². The lowest BCUT2D eigenvalue weighted by molar-refractivity contribution is -0.119. The number of hydrogen-bond donors (Lipinski definition) is 1. The number of anilines is 1. The summed E-state index contributed by atoms with van der Waals surface area (Å²) in [6.07, 6.45) is 5.58. The predicted molar refractivity (Wildman–Crippen MR) is 100 cm³/mol. The molecule has 2 aromatic rings. The molecule has 1 amide bonds. The fourth-order valence-electron chi connectivity index (χ4n) is 2.99. The van der Waals surface area contributed by atoms with Gasteiger partial charge in [0, 0.05) is 37.1 Å². The van der Waals surface area contributed by atoms with Gasteiger partial charge in [-0.3, -0.25) is 9.78 Å². The second kappa shape index (κ2) is 8.42. The van der Waals surface area contributed by atoms with Gasteiger partial charge in [-0.1, -0.05) is 6.07 Å². The molecule has 26 heavy (non-hydrogen) atoms. The number of nitrogens with one attached hydrogen (secondary N) is 1. The van der Waals surface area contributed by atoms with Gasteiger partial charge in [0.2, 0.25) is 15.9 Å². The van der Waals surface area contributed by atoms with E-state index in [-0.39, 0.29) is 10.8 Å². The van der Waals surface area contributed by atoms with E-state index in [0.717, 1.165) is 30.6 Å². The Labute approximate surface area is 154 Å². The van der Waals surface area contributed by atoms with E-state index in [4.69, 9.17) is 0 Å². The third-order valence-electron chi connectivity index (χ3n) is 4.41. The van der Waals surface area contributed by atoms with Crippen LogP contribution >= 0.6 is 0 Å². The van der Waals surface area contributed by atoms with Crippen molar-refractivity contribution < 1.29 is 13.2 Å². The summed E-state index contributed by atoms with van der Waals surface area (Å²) in [5.41, 5.74) is 1.70. The van der Waals surface area contributed by atoms with E-state index >= 15 is 0 Å². The van der Waals surface area contributed by atoms with Crippen molar-refractivity contribution in [1.82, 2.24) is 9.71 Å². The van der Waals surface area contributed by atoms with E-state index in [1.807, 2.05) is 18.2 Å². The Kier molecular flexibility index (Phi) is 6.00. The summed E-state index contributed by atoms with van der Waals surface area (Å²) >= 11 is 0. The van der Waals surface area contributed by atoms with Crippen LogP contribution in [0.25, 0.3) is 0 Å². The first-order valence-electron chi connectivity index (χ1n) is 8.86. The third kappa shape index (κ3) is 4.68. The predicted octanol–water partition coefficient (Wildman–Crippen LogP) is 2.51. The van der Waals surface area contributed by atoms with Crippen LogP contribution in [-0.2, 0) is 21.2 Å². The molecule has 1 N–H and O–H groups in total. The van der Waals surface area contributed by atoms with Gasteiger partial charge in [-0.2, -0.15) is 0 Å². The van der Waals surface area contributed by atoms with Crippen molar-refractivity contribution in [2.24, 2.45) is 0 Å². The highest BCUT2D eigenvalue weighted by Crippen LogP contribution is 2.22. The molecule has 1 aromatic heterocycles. The van der Waals surface area contributed by atoms with Gasteiger partial charge in [-0.25, -0.2) is 13.1 Å². The molecular weight excluding hydrogens is 350 g/mol. The Morgan fingerprint density at radius 2 is 1.88 bits per heavy atom. The van der Waals surface area contributed by atoms with Crippen LogP contribution in [0.15, 0.2) is 53.6 Å². The van der Waals surface area contributed by atoms with Crippen molar-refractivity contribution in [3.8, 4) is 0 Å². The standard InChI is InChI=1S/C19H23N3O3S/c23-19-8-2-4-15-22(19)17-9-11-18(12-10-17)26(24,25)21-14-5-7-16-6-1-3-13-20-16/h1,3,6,9-13,21H,2,4-5,7-8,14-15H2. The molecule has 1 fully saturated rings. The molecule has 1 aromatic carbocycles. The zero-order chi connectivity index (χ0) is 18.4. The average molecular weight is 373 g/mol. The molecule has 2 heterocycles. The molecule has 7 heteroatoms.